The smallest absolute Gasteiger partial charge is 0.245 e. The molecule has 0 aromatic carbocycles. The molecule has 0 spiro atoms. The van der Waals surface area contributed by atoms with Crippen LogP contribution in [0.5, 0.6) is 0 Å². The molecule has 1 saturated heterocycles. The monoisotopic (exact) mass is 211 g/mol. The molecule has 0 bridgehead atoms. The summed E-state index contributed by atoms with van der Waals surface area (Å²) in [5.41, 5.74) is 0. The van der Waals surface area contributed by atoms with Gasteiger partial charge in [-0.3, -0.25) is 0 Å². The van der Waals surface area contributed by atoms with Crippen LogP contribution in [-0.2, 0) is 11.2 Å². The summed E-state index contributed by atoms with van der Waals surface area (Å²) in [6.07, 6.45) is 2.90. The van der Waals surface area contributed by atoms with Gasteiger partial charge in [0.2, 0.25) is 11.8 Å². The molecule has 15 heavy (non-hydrogen) atoms. The molecule has 5 nitrogen and oxygen atoms in total. The topological polar surface area (TPSA) is 60.2 Å². The first-order chi connectivity index (χ1) is 7.40. The predicted molar refractivity (Wildman–Crippen MR) is 54.5 cm³/mol. The molecule has 0 saturated carbocycles. The van der Waals surface area contributed by atoms with E-state index in [4.69, 9.17) is 9.15 Å². The van der Waals surface area contributed by atoms with Gasteiger partial charge in [0.15, 0.2) is 0 Å². The number of rotatable bonds is 5. The molecule has 2 heterocycles. The maximum Gasteiger partial charge on any atom is 0.245 e. The van der Waals surface area contributed by atoms with Crippen molar-refractivity contribution in [3.63, 3.8) is 0 Å². The zero-order chi connectivity index (χ0) is 10.5. The summed E-state index contributed by atoms with van der Waals surface area (Å²) in [7, 11) is 0. The van der Waals surface area contributed by atoms with Gasteiger partial charge in [0.05, 0.1) is 0 Å². The molecule has 1 aliphatic heterocycles. The van der Waals surface area contributed by atoms with Crippen LogP contribution in [0.1, 0.15) is 37.7 Å². The Hall–Kier alpha value is -0.940. The van der Waals surface area contributed by atoms with Crippen LogP contribution in [0.25, 0.3) is 0 Å². The SMILES string of the molecule is CCNCCc1nnc(C2CCCO2)o1. The fourth-order valence-corrected chi connectivity index (χ4v) is 1.64. The van der Waals surface area contributed by atoms with Crippen molar-refractivity contribution in [3.8, 4) is 0 Å². The standard InChI is InChI=1S/C10H17N3O2/c1-2-11-6-5-9-12-13-10(15-9)8-4-3-7-14-8/h8,11H,2-7H2,1H3. The fourth-order valence-electron chi connectivity index (χ4n) is 1.64. The third kappa shape index (κ3) is 2.76. The van der Waals surface area contributed by atoms with Crippen molar-refractivity contribution in [3.05, 3.63) is 11.8 Å². The summed E-state index contributed by atoms with van der Waals surface area (Å²) in [5.74, 6) is 1.33. The van der Waals surface area contributed by atoms with Crippen molar-refractivity contribution in [2.75, 3.05) is 19.7 Å². The van der Waals surface area contributed by atoms with E-state index in [9.17, 15) is 0 Å². The molecule has 1 N–H and O–H groups in total. The van der Waals surface area contributed by atoms with Gasteiger partial charge in [0, 0.05) is 19.6 Å². The van der Waals surface area contributed by atoms with E-state index in [0.29, 0.717) is 11.8 Å². The summed E-state index contributed by atoms with van der Waals surface area (Å²) < 4.78 is 11.0. The summed E-state index contributed by atoms with van der Waals surface area (Å²) in [5, 5.41) is 11.2. The Balaban J connectivity index is 1.86. The maximum atomic E-state index is 5.53. The van der Waals surface area contributed by atoms with Gasteiger partial charge < -0.3 is 14.5 Å². The lowest BCUT2D eigenvalue weighted by atomic mass is 10.2. The van der Waals surface area contributed by atoms with Crippen LogP contribution >= 0.6 is 0 Å². The quantitative estimate of drug-likeness (QED) is 0.738. The van der Waals surface area contributed by atoms with E-state index in [1.807, 2.05) is 0 Å². The van der Waals surface area contributed by atoms with E-state index in [1.54, 1.807) is 0 Å². The molecule has 0 radical (unpaired) electrons. The largest absolute Gasteiger partial charge is 0.422 e. The second kappa shape index (κ2) is 5.23. The van der Waals surface area contributed by atoms with Gasteiger partial charge in [-0.2, -0.15) is 0 Å². The zero-order valence-electron chi connectivity index (χ0n) is 9.03. The van der Waals surface area contributed by atoms with E-state index in [-0.39, 0.29) is 6.10 Å². The first-order valence-electron chi connectivity index (χ1n) is 5.54. The predicted octanol–water partition coefficient (Wildman–Crippen LogP) is 1.07. The molecule has 1 aliphatic rings. The Labute approximate surface area is 89.2 Å². The van der Waals surface area contributed by atoms with Gasteiger partial charge in [-0.25, -0.2) is 0 Å². The Morgan fingerprint density at radius 2 is 2.40 bits per heavy atom. The molecule has 2 rings (SSSR count). The first-order valence-corrected chi connectivity index (χ1v) is 5.54. The molecule has 1 aromatic rings. The average Bonchev–Trinajstić information content (AvgIpc) is 2.87. The second-order valence-corrected chi connectivity index (χ2v) is 3.64. The lowest BCUT2D eigenvalue weighted by Gasteiger charge is -2.01. The number of nitrogens with zero attached hydrogens (tertiary/aromatic N) is 2. The number of hydrogen-bond donors (Lipinski definition) is 1. The minimum absolute atomic E-state index is 0.0328. The fraction of sp³-hybridized carbons (Fsp3) is 0.800. The van der Waals surface area contributed by atoms with Gasteiger partial charge in [0.1, 0.15) is 6.10 Å². The molecule has 84 valence electrons. The highest BCUT2D eigenvalue weighted by Gasteiger charge is 2.23. The van der Waals surface area contributed by atoms with Gasteiger partial charge >= 0.3 is 0 Å². The van der Waals surface area contributed by atoms with Gasteiger partial charge in [-0.1, -0.05) is 6.92 Å². The molecule has 1 unspecified atom stereocenters. The second-order valence-electron chi connectivity index (χ2n) is 3.64. The van der Waals surface area contributed by atoms with Crippen LogP contribution in [0.4, 0.5) is 0 Å². The van der Waals surface area contributed by atoms with Crippen molar-refractivity contribution < 1.29 is 9.15 Å². The van der Waals surface area contributed by atoms with Crippen LogP contribution in [0.3, 0.4) is 0 Å². The molecule has 1 atom stereocenters. The lowest BCUT2D eigenvalue weighted by Crippen LogP contribution is -2.16. The molecule has 1 fully saturated rings. The minimum Gasteiger partial charge on any atom is -0.422 e. The average molecular weight is 211 g/mol. The number of aromatic nitrogens is 2. The Morgan fingerprint density at radius 3 is 3.13 bits per heavy atom. The van der Waals surface area contributed by atoms with E-state index in [1.165, 1.54) is 0 Å². The van der Waals surface area contributed by atoms with Crippen molar-refractivity contribution in [1.82, 2.24) is 15.5 Å². The lowest BCUT2D eigenvalue weighted by molar-refractivity contribution is 0.0881. The molecule has 0 aliphatic carbocycles. The minimum atomic E-state index is 0.0328. The summed E-state index contributed by atoms with van der Waals surface area (Å²) in [6.45, 7) is 4.72. The van der Waals surface area contributed by atoms with Crippen molar-refractivity contribution in [2.24, 2.45) is 0 Å². The summed E-state index contributed by atoms with van der Waals surface area (Å²) in [4.78, 5) is 0. The highest BCUT2D eigenvalue weighted by atomic mass is 16.5. The van der Waals surface area contributed by atoms with Gasteiger partial charge in [-0.15, -0.1) is 10.2 Å². The van der Waals surface area contributed by atoms with Gasteiger partial charge in [-0.05, 0) is 19.4 Å². The van der Waals surface area contributed by atoms with Crippen LogP contribution in [0.2, 0.25) is 0 Å². The van der Waals surface area contributed by atoms with Crippen LogP contribution in [-0.4, -0.2) is 29.9 Å². The van der Waals surface area contributed by atoms with Crippen molar-refractivity contribution >= 4 is 0 Å². The molecule has 1 aromatic heterocycles. The highest BCUT2D eigenvalue weighted by molar-refractivity contribution is 4.89. The maximum absolute atomic E-state index is 5.53. The van der Waals surface area contributed by atoms with Crippen LogP contribution in [0, 0.1) is 0 Å². The van der Waals surface area contributed by atoms with Crippen LogP contribution < -0.4 is 5.32 Å². The Bertz CT molecular complexity index is 295. The normalized spacial score (nSPS) is 21.0. The third-order valence-corrected chi connectivity index (χ3v) is 2.45. The number of likely N-dealkylation sites (N-methyl/N-ethyl adjacent to an activating group) is 1. The van der Waals surface area contributed by atoms with Crippen LogP contribution in [0.15, 0.2) is 4.42 Å². The zero-order valence-corrected chi connectivity index (χ0v) is 9.03. The highest BCUT2D eigenvalue weighted by Crippen LogP contribution is 2.27. The summed E-state index contributed by atoms with van der Waals surface area (Å²) >= 11 is 0. The third-order valence-electron chi connectivity index (χ3n) is 2.45. The molecular formula is C10H17N3O2. The van der Waals surface area contributed by atoms with Crippen molar-refractivity contribution in [1.29, 1.82) is 0 Å². The van der Waals surface area contributed by atoms with E-state index in [2.05, 4.69) is 22.4 Å². The molecule has 5 heteroatoms. The van der Waals surface area contributed by atoms with E-state index >= 15 is 0 Å². The van der Waals surface area contributed by atoms with Gasteiger partial charge in [0.25, 0.3) is 0 Å². The van der Waals surface area contributed by atoms with E-state index < -0.39 is 0 Å². The first kappa shape index (κ1) is 10.6. The Morgan fingerprint density at radius 1 is 1.47 bits per heavy atom. The van der Waals surface area contributed by atoms with E-state index in [0.717, 1.165) is 39.0 Å². The number of nitrogens with one attached hydrogen (secondary N) is 1. The Kier molecular flexibility index (Phi) is 3.69. The summed E-state index contributed by atoms with van der Waals surface area (Å²) in [6, 6.07) is 0. The molecule has 0 amide bonds. The number of ether oxygens (including phenoxy) is 1. The van der Waals surface area contributed by atoms with Crippen molar-refractivity contribution in [2.45, 2.75) is 32.3 Å². The number of hydrogen-bond acceptors (Lipinski definition) is 5. The molecular weight excluding hydrogens is 194 g/mol.